The lowest BCUT2D eigenvalue weighted by Crippen LogP contribution is -2.21. The normalized spacial score (nSPS) is 10.6. The molecule has 0 unspecified atom stereocenters. The van der Waals surface area contributed by atoms with E-state index in [4.69, 9.17) is 4.74 Å². The van der Waals surface area contributed by atoms with E-state index >= 15 is 0 Å². The topological polar surface area (TPSA) is 77.4 Å². The molecule has 7 heteroatoms. The SMILES string of the molecule is CCOC(=O)c1cc(-c2ccccc2)ccc1NC(=O)CCn1c(C)csc1=O. The van der Waals surface area contributed by atoms with Crippen LogP contribution in [0, 0.1) is 6.92 Å². The summed E-state index contributed by atoms with van der Waals surface area (Å²) in [7, 11) is 0. The minimum Gasteiger partial charge on any atom is -0.462 e. The highest BCUT2D eigenvalue weighted by atomic mass is 32.1. The van der Waals surface area contributed by atoms with Crippen LogP contribution in [0.15, 0.2) is 58.7 Å². The van der Waals surface area contributed by atoms with Crippen LogP contribution in [-0.2, 0) is 16.1 Å². The molecule has 1 amide bonds. The monoisotopic (exact) mass is 410 g/mol. The number of hydrogen-bond donors (Lipinski definition) is 1. The van der Waals surface area contributed by atoms with Gasteiger partial charge >= 0.3 is 10.8 Å². The number of nitrogens with one attached hydrogen (secondary N) is 1. The van der Waals surface area contributed by atoms with Crippen LogP contribution >= 0.6 is 11.3 Å². The molecular formula is C22H22N2O4S. The Morgan fingerprint density at radius 2 is 1.86 bits per heavy atom. The lowest BCUT2D eigenvalue weighted by atomic mass is 10.0. The minimum atomic E-state index is -0.495. The largest absolute Gasteiger partial charge is 0.462 e. The number of aryl methyl sites for hydroxylation is 1. The Morgan fingerprint density at radius 3 is 2.52 bits per heavy atom. The molecule has 0 saturated heterocycles. The maximum absolute atomic E-state index is 12.4. The van der Waals surface area contributed by atoms with E-state index in [1.165, 1.54) is 0 Å². The van der Waals surface area contributed by atoms with Gasteiger partial charge in [-0.15, -0.1) is 0 Å². The van der Waals surface area contributed by atoms with Crippen LogP contribution in [-0.4, -0.2) is 23.1 Å². The number of esters is 1. The lowest BCUT2D eigenvalue weighted by molar-refractivity contribution is -0.116. The summed E-state index contributed by atoms with van der Waals surface area (Å²) in [4.78, 5) is 36.6. The Balaban J connectivity index is 1.80. The zero-order chi connectivity index (χ0) is 20.8. The molecule has 0 aliphatic rings. The number of anilines is 1. The van der Waals surface area contributed by atoms with Gasteiger partial charge in [0.05, 0.1) is 17.9 Å². The zero-order valence-electron chi connectivity index (χ0n) is 16.3. The molecule has 0 atom stereocenters. The van der Waals surface area contributed by atoms with E-state index < -0.39 is 5.97 Å². The fourth-order valence-corrected chi connectivity index (χ4v) is 3.70. The Kier molecular flexibility index (Phi) is 6.61. The van der Waals surface area contributed by atoms with Crippen LogP contribution in [0.3, 0.4) is 0 Å². The molecule has 3 rings (SSSR count). The zero-order valence-corrected chi connectivity index (χ0v) is 17.1. The van der Waals surface area contributed by atoms with Crippen molar-refractivity contribution in [1.29, 1.82) is 0 Å². The van der Waals surface area contributed by atoms with Crippen molar-refractivity contribution in [3.63, 3.8) is 0 Å². The fraction of sp³-hybridized carbons (Fsp3) is 0.227. The maximum atomic E-state index is 12.4. The number of carbonyl (C=O) groups is 2. The van der Waals surface area contributed by atoms with Crippen molar-refractivity contribution < 1.29 is 14.3 Å². The second-order valence-electron chi connectivity index (χ2n) is 6.44. The minimum absolute atomic E-state index is 0.0882. The van der Waals surface area contributed by atoms with Crippen LogP contribution in [0.4, 0.5) is 5.69 Å². The number of amides is 1. The number of rotatable bonds is 7. The van der Waals surface area contributed by atoms with Crippen molar-refractivity contribution >= 4 is 28.9 Å². The molecule has 2 aromatic carbocycles. The molecule has 0 spiro atoms. The van der Waals surface area contributed by atoms with Gasteiger partial charge in [-0.3, -0.25) is 9.59 Å². The van der Waals surface area contributed by atoms with Gasteiger partial charge in [0.2, 0.25) is 5.91 Å². The summed E-state index contributed by atoms with van der Waals surface area (Å²) in [6.07, 6.45) is 0.125. The fourth-order valence-electron chi connectivity index (χ4n) is 2.94. The Hall–Kier alpha value is -3.19. The average molecular weight is 410 g/mol. The van der Waals surface area contributed by atoms with Crippen molar-refractivity contribution in [2.24, 2.45) is 0 Å². The predicted octanol–water partition coefficient (Wildman–Crippen LogP) is 4.09. The molecule has 1 aromatic heterocycles. The van der Waals surface area contributed by atoms with Crippen LogP contribution in [0.2, 0.25) is 0 Å². The van der Waals surface area contributed by atoms with Crippen LogP contribution < -0.4 is 10.2 Å². The molecular weight excluding hydrogens is 388 g/mol. The number of thiazole rings is 1. The highest BCUT2D eigenvalue weighted by Gasteiger charge is 2.16. The third-order valence-electron chi connectivity index (χ3n) is 4.44. The van der Waals surface area contributed by atoms with Gasteiger partial charge in [0, 0.05) is 24.0 Å². The van der Waals surface area contributed by atoms with Crippen LogP contribution in [0.1, 0.15) is 29.4 Å². The molecule has 0 radical (unpaired) electrons. The van der Waals surface area contributed by atoms with Crippen molar-refractivity contribution in [3.8, 4) is 11.1 Å². The third kappa shape index (κ3) is 5.00. The number of carbonyl (C=O) groups excluding carboxylic acids is 2. The quantitative estimate of drug-likeness (QED) is 0.595. The molecule has 0 bridgehead atoms. The van der Waals surface area contributed by atoms with Crippen LogP contribution in [0.25, 0.3) is 11.1 Å². The number of hydrogen-bond acceptors (Lipinski definition) is 5. The maximum Gasteiger partial charge on any atom is 0.340 e. The molecule has 1 N–H and O–H groups in total. The van der Waals surface area contributed by atoms with Gasteiger partial charge in [-0.25, -0.2) is 4.79 Å². The van der Waals surface area contributed by atoms with E-state index in [-0.39, 0.29) is 30.4 Å². The van der Waals surface area contributed by atoms with Gasteiger partial charge in [0.15, 0.2) is 0 Å². The van der Waals surface area contributed by atoms with Gasteiger partial charge in [-0.05, 0) is 37.1 Å². The summed E-state index contributed by atoms with van der Waals surface area (Å²) in [5, 5.41) is 4.54. The summed E-state index contributed by atoms with van der Waals surface area (Å²) >= 11 is 1.11. The van der Waals surface area contributed by atoms with E-state index in [0.717, 1.165) is 28.2 Å². The van der Waals surface area contributed by atoms with E-state index in [0.29, 0.717) is 11.3 Å². The third-order valence-corrected chi connectivity index (χ3v) is 5.32. The van der Waals surface area contributed by atoms with E-state index in [1.807, 2.05) is 43.3 Å². The first-order valence-electron chi connectivity index (χ1n) is 9.31. The van der Waals surface area contributed by atoms with Gasteiger partial charge in [-0.1, -0.05) is 47.7 Å². The standard InChI is InChI=1S/C22H22N2O4S/c1-3-28-21(26)18-13-17(16-7-5-4-6-8-16)9-10-19(18)23-20(25)11-12-24-15(2)14-29-22(24)27/h4-10,13-14H,3,11-12H2,1-2H3,(H,23,25). The van der Waals surface area contributed by atoms with Gasteiger partial charge in [0.25, 0.3) is 0 Å². The first-order chi connectivity index (χ1) is 14.0. The van der Waals surface area contributed by atoms with Gasteiger partial charge in [0.1, 0.15) is 0 Å². The average Bonchev–Trinajstić information content (AvgIpc) is 3.05. The van der Waals surface area contributed by atoms with Crippen molar-refractivity contribution in [1.82, 2.24) is 4.57 Å². The van der Waals surface area contributed by atoms with Gasteiger partial charge in [-0.2, -0.15) is 0 Å². The molecule has 6 nitrogen and oxygen atoms in total. The van der Waals surface area contributed by atoms with E-state index in [2.05, 4.69) is 5.32 Å². The van der Waals surface area contributed by atoms with E-state index in [1.54, 1.807) is 29.0 Å². The number of benzene rings is 2. The summed E-state index contributed by atoms with van der Waals surface area (Å²) in [6.45, 7) is 4.09. The number of ether oxygens (including phenoxy) is 1. The Bertz CT molecular complexity index is 1070. The smallest absolute Gasteiger partial charge is 0.340 e. The summed E-state index contributed by atoms with van der Waals surface area (Å²) in [6, 6.07) is 14.9. The molecule has 0 aliphatic carbocycles. The first-order valence-corrected chi connectivity index (χ1v) is 10.2. The first kappa shape index (κ1) is 20.5. The lowest BCUT2D eigenvalue weighted by Gasteiger charge is -2.13. The second kappa shape index (κ2) is 9.34. The highest BCUT2D eigenvalue weighted by Crippen LogP contribution is 2.26. The summed E-state index contributed by atoms with van der Waals surface area (Å²) in [5.41, 5.74) is 3.33. The van der Waals surface area contributed by atoms with Crippen molar-refractivity contribution in [2.75, 3.05) is 11.9 Å². The highest BCUT2D eigenvalue weighted by molar-refractivity contribution is 7.07. The molecule has 3 aromatic rings. The number of nitrogens with zero attached hydrogens (tertiary/aromatic N) is 1. The Labute approximate surface area is 172 Å². The molecule has 0 saturated carbocycles. The Morgan fingerprint density at radius 1 is 1.10 bits per heavy atom. The predicted molar refractivity (Wildman–Crippen MR) is 114 cm³/mol. The van der Waals surface area contributed by atoms with Crippen molar-refractivity contribution in [2.45, 2.75) is 26.8 Å². The molecule has 0 fully saturated rings. The molecule has 0 aliphatic heterocycles. The molecule has 29 heavy (non-hydrogen) atoms. The molecule has 1 heterocycles. The van der Waals surface area contributed by atoms with Crippen molar-refractivity contribution in [3.05, 3.63) is 74.8 Å². The number of aromatic nitrogens is 1. The second-order valence-corrected chi connectivity index (χ2v) is 7.26. The summed E-state index contributed by atoms with van der Waals surface area (Å²) in [5.74, 6) is -0.772. The van der Waals surface area contributed by atoms with Gasteiger partial charge < -0.3 is 14.6 Å². The van der Waals surface area contributed by atoms with E-state index in [9.17, 15) is 14.4 Å². The van der Waals surface area contributed by atoms with Crippen LogP contribution in [0.5, 0.6) is 0 Å². The molecule has 150 valence electrons. The summed E-state index contributed by atoms with van der Waals surface area (Å²) < 4.78 is 6.72.